The van der Waals surface area contributed by atoms with Gasteiger partial charge in [0.15, 0.2) is 5.12 Å². The number of carboxylic acids is 1. The van der Waals surface area contributed by atoms with Crippen molar-refractivity contribution in [1.29, 1.82) is 0 Å². The lowest BCUT2D eigenvalue weighted by Gasteiger charge is -2.31. The average molecular weight is 370 g/mol. The Morgan fingerprint density at radius 2 is 1.68 bits per heavy atom. The number of carbonyl (C=O) groups is 4. The highest BCUT2D eigenvalue weighted by molar-refractivity contribution is 8.13. The first-order chi connectivity index (χ1) is 11.9. The molecule has 8 heteroatoms. The number of nitrogens with zero attached hydrogens (tertiary/aromatic N) is 2. The summed E-state index contributed by atoms with van der Waals surface area (Å²) in [5.74, 6) is -1.30. The van der Waals surface area contributed by atoms with Crippen LogP contribution >= 0.6 is 11.8 Å². The van der Waals surface area contributed by atoms with Crippen LogP contribution in [0, 0.1) is 5.92 Å². The van der Waals surface area contributed by atoms with Crippen LogP contribution in [0.25, 0.3) is 0 Å². The van der Waals surface area contributed by atoms with Crippen LogP contribution in [-0.2, 0) is 19.2 Å². The Labute approximate surface area is 152 Å². The van der Waals surface area contributed by atoms with Crippen LogP contribution < -0.4 is 0 Å². The van der Waals surface area contributed by atoms with Gasteiger partial charge in [0.1, 0.15) is 12.1 Å². The maximum absolute atomic E-state index is 12.8. The highest BCUT2D eigenvalue weighted by Gasteiger charge is 2.42. The Hall–Kier alpha value is -1.57. The van der Waals surface area contributed by atoms with Crippen molar-refractivity contribution in [3.63, 3.8) is 0 Å². The van der Waals surface area contributed by atoms with Crippen LogP contribution in [0.3, 0.4) is 0 Å². The molecule has 0 aromatic carbocycles. The van der Waals surface area contributed by atoms with E-state index in [9.17, 15) is 24.3 Å². The molecule has 0 spiro atoms. The van der Waals surface area contributed by atoms with E-state index < -0.39 is 18.1 Å². The lowest BCUT2D eigenvalue weighted by molar-refractivity contribution is -0.152. The van der Waals surface area contributed by atoms with Gasteiger partial charge in [0, 0.05) is 31.2 Å². The first-order valence-corrected chi connectivity index (χ1v) is 9.84. The van der Waals surface area contributed by atoms with E-state index in [1.54, 1.807) is 18.7 Å². The molecule has 2 saturated heterocycles. The van der Waals surface area contributed by atoms with Crippen LogP contribution in [0.5, 0.6) is 0 Å². The number of thioether (sulfide) groups is 1. The third kappa shape index (κ3) is 4.54. The summed E-state index contributed by atoms with van der Waals surface area (Å²) < 4.78 is 0. The molecule has 0 radical (unpaired) electrons. The molecule has 0 aliphatic carbocycles. The number of amides is 2. The topological polar surface area (TPSA) is 95.0 Å². The molecule has 1 unspecified atom stereocenters. The smallest absolute Gasteiger partial charge is 0.326 e. The fourth-order valence-electron chi connectivity index (χ4n) is 3.44. The standard InChI is InChI=1S/C17H26N2O5S/c1-3-14(20)25-10-11(2)15(21)18-8-4-6-12(18)16(22)19-9-5-7-13(19)17(23)24/h11-13H,3-10H2,1-2H3,(H,23,24)/t11?,12-,13-/m0/s1. The molecule has 2 aliphatic heterocycles. The lowest BCUT2D eigenvalue weighted by atomic mass is 10.1. The largest absolute Gasteiger partial charge is 0.480 e. The predicted molar refractivity (Wildman–Crippen MR) is 94.0 cm³/mol. The van der Waals surface area contributed by atoms with E-state index in [1.165, 1.54) is 4.90 Å². The maximum atomic E-state index is 12.8. The van der Waals surface area contributed by atoms with Crippen molar-refractivity contribution in [1.82, 2.24) is 9.80 Å². The fourth-order valence-corrected chi connectivity index (χ4v) is 4.22. The Morgan fingerprint density at radius 3 is 2.28 bits per heavy atom. The molecule has 2 amide bonds. The third-order valence-electron chi connectivity index (χ3n) is 4.85. The van der Waals surface area contributed by atoms with Gasteiger partial charge in [-0.15, -0.1) is 0 Å². The summed E-state index contributed by atoms with van der Waals surface area (Å²) in [5, 5.41) is 9.33. The van der Waals surface area contributed by atoms with Crippen molar-refractivity contribution >= 4 is 34.7 Å². The molecule has 0 saturated carbocycles. The minimum Gasteiger partial charge on any atom is -0.480 e. The summed E-state index contributed by atoms with van der Waals surface area (Å²) in [4.78, 5) is 51.3. The number of hydrogen-bond acceptors (Lipinski definition) is 5. The minimum atomic E-state index is -0.982. The number of aliphatic carboxylic acids is 1. The molecule has 0 aromatic rings. The average Bonchev–Trinajstić information content (AvgIpc) is 3.26. The predicted octanol–water partition coefficient (Wildman–Crippen LogP) is 1.36. The number of carbonyl (C=O) groups excluding carboxylic acids is 3. The molecule has 2 heterocycles. The zero-order valence-electron chi connectivity index (χ0n) is 14.8. The Kier molecular flexibility index (Phi) is 6.87. The van der Waals surface area contributed by atoms with Crippen LogP contribution in [0.4, 0.5) is 0 Å². The highest BCUT2D eigenvalue weighted by Crippen LogP contribution is 2.27. The molecule has 2 fully saturated rings. The van der Waals surface area contributed by atoms with Crippen molar-refractivity contribution in [3.05, 3.63) is 0 Å². The van der Waals surface area contributed by atoms with Gasteiger partial charge < -0.3 is 14.9 Å². The van der Waals surface area contributed by atoms with Crippen LogP contribution in [0.2, 0.25) is 0 Å². The van der Waals surface area contributed by atoms with Gasteiger partial charge in [0.25, 0.3) is 0 Å². The summed E-state index contributed by atoms with van der Waals surface area (Å²) in [7, 11) is 0. The summed E-state index contributed by atoms with van der Waals surface area (Å²) in [6.45, 7) is 4.50. The van der Waals surface area contributed by atoms with Crippen molar-refractivity contribution < 1.29 is 24.3 Å². The second-order valence-electron chi connectivity index (χ2n) is 6.66. The fraction of sp³-hybridized carbons (Fsp3) is 0.765. The summed E-state index contributed by atoms with van der Waals surface area (Å²) in [6.07, 6.45) is 2.88. The Bertz CT molecular complexity index is 553. The molecular formula is C17H26N2O5S. The van der Waals surface area contributed by atoms with Crippen molar-refractivity contribution in [2.45, 2.75) is 58.0 Å². The van der Waals surface area contributed by atoms with Crippen molar-refractivity contribution in [2.75, 3.05) is 18.8 Å². The quantitative estimate of drug-likeness (QED) is 0.758. The maximum Gasteiger partial charge on any atom is 0.326 e. The first kappa shape index (κ1) is 19.8. The van der Waals surface area contributed by atoms with E-state index in [4.69, 9.17) is 0 Å². The van der Waals surface area contributed by atoms with Gasteiger partial charge in [-0.25, -0.2) is 4.79 Å². The molecule has 1 N–H and O–H groups in total. The third-order valence-corrected chi connectivity index (χ3v) is 6.12. The minimum absolute atomic E-state index is 0.0510. The van der Waals surface area contributed by atoms with Gasteiger partial charge >= 0.3 is 5.97 Å². The summed E-state index contributed by atoms with van der Waals surface area (Å²) in [5.41, 5.74) is 0. The Balaban J connectivity index is 2.01. The van der Waals surface area contributed by atoms with Crippen molar-refractivity contribution in [2.24, 2.45) is 5.92 Å². The van der Waals surface area contributed by atoms with E-state index in [1.807, 2.05) is 0 Å². The number of hydrogen-bond donors (Lipinski definition) is 1. The first-order valence-electron chi connectivity index (χ1n) is 8.86. The van der Waals surface area contributed by atoms with Gasteiger partial charge in [-0.3, -0.25) is 14.4 Å². The number of carboxylic acid groups (broad SMARTS) is 1. The summed E-state index contributed by atoms with van der Waals surface area (Å²) >= 11 is 1.15. The van der Waals surface area contributed by atoms with Crippen molar-refractivity contribution in [3.8, 4) is 0 Å². The van der Waals surface area contributed by atoms with Gasteiger partial charge in [0.2, 0.25) is 11.8 Å². The van der Waals surface area contributed by atoms with Gasteiger partial charge in [0.05, 0.1) is 0 Å². The number of rotatable bonds is 6. The molecule has 0 aromatic heterocycles. The summed E-state index contributed by atoms with van der Waals surface area (Å²) in [6, 6.07) is -1.35. The molecule has 2 aliphatic rings. The molecule has 140 valence electrons. The van der Waals surface area contributed by atoms with Crippen LogP contribution in [0.1, 0.15) is 46.0 Å². The van der Waals surface area contributed by atoms with Gasteiger partial charge in [-0.1, -0.05) is 25.6 Å². The van der Waals surface area contributed by atoms with Crippen LogP contribution in [0.15, 0.2) is 0 Å². The number of likely N-dealkylation sites (tertiary alicyclic amines) is 2. The van der Waals surface area contributed by atoms with E-state index in [0.29, 0.717) is 44.5 Å². The SMILES string of the molecule is CCC(=O)SCC(C)C(=O)N1CCC[C@H]1C(=O)N1CCC[C@H]1C(=O)O. The normalized spacial score (nSPS) is 24.4. The van der Waals surface area contributed by atoms with E-state index >= 15 is 0 Å². The molecule has 2 rings (SSSR count). The van der Waals surface area contributed by atoms with Crippen LogP contribution in [-0.4, -0.2) is 68.7 Å². The van der Waals surface area contributed by atoms with E-state index in [2.05, 4.69) is 0 Å². The zero-order chi connectivity index (χ0) is 18.6. The monoisotopic (exact) mass is 370 g/mol. The van der Waals surface area contributed by atoms with E-state index in [-0.39, 0.29) is 22.8 Å². The second-order valence-corrected chi connectivity index (χ2v) is 7.73. The lowest BCUT2D eigenvalue weighted by Crippen LogP contribution is -2.52. The molecule has 7 nitrogen and oxygen atoms in total. The highest BCUT2D eigenvalue weighted by atomic mass is 32.2. The van der Waals surface area contributed by atoms with Gasteiger partial charge in [-0.2, -0.15) is 0 Å². The zero-order valence-corrected chi connectivity index (χ0v) is 15.6. The molecule has 25 heavy (non-hydrogen) atoms. The molecule has 3 atom stereocenters. The van der Waals surface area contributed by atoms with Gasteiger partial charge in [-0.05, 0) is 25.7 Å². The van der Waals surface area contributed by atoms with E-state index in [0.717, 1.165) is 18.2 Å². The Morgan fingerprint density at radius 1 is 1.08 bits per heavy atom. The molecular weight excluding hydrogens is 344 g/mol. The second kappa shape index (κ2) is 8.69. The molecule has 0 bridgehead atoms.